The molecule has 214 valence electrons. The number of aliphatic carboxylic acids is 1. The highest BCUT2D eigenvalue weighted by Gasteiger charge is 2.47. The van der Waals surface area contributed by atoms with Gasteiger partial charge in [0.05, 0.1) is 17.9 Å². The van der Waals surface area contributed by atoms with E-state index in [4.69, 9.17) is 19.4 Å². The number of hydrogen-bond acceptors (Lipinski definition) is 7. The van der Waals surface area contributed by atoms with Crippen LogP contribution in [-0.4, -0.2) is 68.8 Å². The van der Waals surface area contributed by atoms with Crippen LogP contribution in [0.3, 0.4) is 0 Å². The second-order valence-electron chi connectivity index (χ2n) is 12.5. The third kappa shape index (κ3) is 7.08. The number of allylic oxidation sites excluding steroid dienone is 1. The van der Waals surface area contributed by atoms with E-state index >= 15 is 0 Å². The largest absolute Gasteiger partial charge is 0.480 e. The molecule has 2 fully saturated rings. The predicted molar refractivity (Wildman–Crippen MR) is 145 cm³/mol. The first-order valence-electron chi connectivity index (χ1n) is 14.0. The van der Waals surface area contributed by atoms with Crippen LogP contribution in [0, 0.1) is 18.3 Å². The van der Waals surface area contributed by atoms with Gasteiger partial charge in [-0.15, -0.1) is 0 Å². The van der Waals surface area contributed by atoms with Crippen molar-refractivity contribution in [1.82, 2.24) is 20.2 Å². The summed E-state index contributed by atoms with van der Waals surface area (Å²) in [5.41, 5.74) is 2.69. The summed E-state index contributed by atoms with van der Waals surface area (Å²) in [6, 6.07) is -2.04. The minimum atomic E-state index is -1.11. The number of nitrogens with zero attached hydrogens (tertiary/aromatic N) is 3. The van der Waals surface area contributed by atoms with Crippen LogP contribution in [-0.2, 0) is 20.7 Å². The van der Waals surface area contributed by atoms with Crippen molar-refractivity contribution >= 4 is 24.0 Å². The number of alkyl carbamates (subject to hydrolysis) is 1. The van der Waals surface area contributed by atoms with Gasteiger partial charge in [0.2, 0.25) is 11.8 Å². The molecule has 4 rings (SSSR count). The molecule has 1 aromatic rings. The second-order valence-corrected chi connectivity index (χ2v) is 12.5. The van der Waals surface area contributed by atoms with Gasteiger partial charge in [0.25, 0.3) is 0 Å². The van der Waals surface area contributed by atoms with Gasteiger partial charge < -0.3 is 24.8 Å². The van der Waals surface area contributed by atoms with Gasteiger partial charge in [-0.25, -0.2) is 14.6 Å². The Morgan fingerprint density at radius 1 is 1.10 bits per heavy atom. The summed E-state index contributed by atoms with van der Waals surface area (Å²) in [4.78, 5) is 49.7. The van der Waals surface area contributed by atoms with Gasteiger partial charge in [-0.05, 0) is 63.9 Å². The van der Waals surface area contributed by atoms with Crippen LogP contribution >= 0.6 is 0 Å². The number of fused-ring (bicyclic) bond motifs is 4. The normalized spacial score (nSPS) is 28.1. The van der Waals surface area contributed by atoms with Crippen LogP contribution in [0.5, 0.6) is 5.88 Å². The number of aromatic nitrogens is 2. The molecule has 0 aromatic carbocycles. The van der Waals surface area contributed by atoms with Gasteiger partial charge in [0.15, 0.2) is 0 Å². The van der Waals surface area contributed by atoms with Crippen molar-refractivity contribution in [2.45, 2.75) is 111 Å². The molecule has 5 atom stereocenters. The summed E-state index contributed by atoms with van der Waals surface area (Å²) in [5, 5.41) is 12.7. The van der Waals surface area contributed by atoms with E-state index < -0.39 is 41.6 Å². The topological polar surface area (TPSA) is 131 Å². The molecule has 0 radical (unpaired) electrons. The summed E-state index contributed by atoms with van der Waals surface area (Å²) in [5.74, 6) is -0.851. The molecule has 1 saturated heterocycles. The smallest absolute Gasteiger partial charge is 0.408 e. The Kier molecular flexibility index (Phi) is 8.51. The maximum atomic E-state index is 13.8. The number of carbonyl (C=O) groups excluding carboxylic acids is 2. The van der Waals surface area contributed by atoms with Gasteiger partial charge in [-0.2, -0.15) is 0 Å². The van der Waals surface area contributed by atoms with E-state index in [-0.39, 0.29) is 19.1 Å². The number of aryl methyl sites for hydroxylation is 2. The first-order valence-corrected chi connectivity index (χ1v) is 14.0. The maximum absolute atomic E-state index is 13.8. The molecular formula is C29H42N4O6. The number of carbonyl (C=O) groups is 3. The minimum Gasteiger partial charge on any atom is -0.480 e. The molecule has 3 aliphatic rings. The third-order valence-corrected chi connectivity index (χ3v) is 7.66. The molecule has 39 heavy (non-hydrogen) atoms. The van der Waals surface area contributed by atoms with Crippen molar-refractivity contribution in [3.63, 3.8) is 0 Å². The molecule has 2 N–H and O–H groups in total. The highest BCUT2D eigenvalue weighted by molar-refractivity contribution is 5.90. The van der Waals surface area contributed by atoms with Crippen LogP contribution in [0.1, 0.15) is 90.2 Å². The highest BCUT2D eigenvalue weighted by atomic mass is 16.6. The van der Waals surface area contributed by atoms with Gasteiger partial charge in [-0.3, -0.25) is 9.78 Å². The summed E-state index contributed by atoms with van der Waals surface area (Å²) < 4.78 is 11.9. The molecule has 10 heteroatoms. The van der Waals surface area contributed by atoms with E-state index in [1.165, 1.54) is 4.90 Å². The molecule has 3 heterocycles. The van der Waals surface area contributed by atoms with Crippen LogP contribution in [0.4, 0.5) is 4.79 Å². The number of carboxylic acids is 1. The first-order chi connectivity index (χ1) is 18.3. The zero-order chi connectivity index (χ0) is 28.5. The number of carboxylic acid groups (broad SMARTS) is 1. The molecule has 1 aliphatic carbocycles. The van der Waals surface area contributed by atoms with E-state index in [2.05, 4.69) is 5.32 Å². The first kappa shape index (κ1) is 28.8. The van der Waals surface area contributed by atoms with Crippen molar-refractivity contribution in [3.8, 4) is 5.88 Å². The summed E-state index contributed by atoms with van der Waals surface area (Å²) in [6.45, 7) is 11.5. The van der Waals surface area contributed by atoms with E-state index in [1.54, 1.807) is 0 Å². The zero-order valence-corrected chi connectivity index (χ0v) is 24.0. The van der Waals surface area contributed by atoms with E-state index in [9.17, 15) is 19.5 Å². The van der Waals surface area contributed by atoms with Crippen molar-refractivity contribution < 1.29 is 29.0 Å². The van der Waals surface area contributed by atoms with E-state index in [0.29, 0.717) is 23.9 Å². The van der Waals surface area contributed by atoms with Gasteiger partial charge in [0, 0.05) is 6.42 Å². The van der Waals surface area contributed by atoms with Crippen molar-refractivity contribution in [2.75, 3.05) is 6.54 Å². The minimum absolute atomic E-state index is 0.0663. The lowest BCUT2D eigenvalue weighted by Gasteiger charge is -2.34. The number of ether oxygens (including phenoxy) is 2. The van der Waals surface area contributed by atoms with Gasteiger partial charge >= 0.3 is 12.1 Å². The standard InChI is InChI=1S/C29H42N4O6/c1-16(2)12-21-17(3)30-20-11-9-7-8-10-18-13-23(18)39-28(37)32-24(29(4,5)6)26(34)33-15-19(38-25(20)31-21)14-22(33)27(35)36/h12,18-19,22-24H,7-11,13-15H2,1-6H3,(H,32,37)(H,35,36). The van der Waals surface area contributed by atoms with E-state index in [0.717, 1.165) is 49.1 Å². The molecule has 1 saturated carbocycles. The molecule has 2 bridgehead atoms. The van der Waals surface area contributed by atoms with Crippen molar-refractivity contribution in [2.24, 2.45) is 11.3 Å². The highest BCUT2D eigenvalue weighted by Crippen LogP contribution is 2.38. The lowest BCUT2D eigenvalue weighted by Crippen LogP contribution is -2.57. The van der Waals surface area contributed by atoms with Gasteiger partial charge in [-0.1, -0.05) is 39.2 Å². The monoisotopic (exact) mass is 542 g/mol. The second kappa shape index (κ2) is 11.5. The number of amides is 2. The average Bonchev–Trinajstić information content (AvgIpc) is 3.41. The van der Waals surface area contributed by atoms with Crippen molar-refractivity contribution in [3.05, 3.63) is 22.7 Å². The number of rotatable bonds is 2. The Balaban J connectivity index is 1.67. The number of nitrogens with one attached hydrogen (secondary N) is 1. The molecule has 2 amide bonds. The molecule has 1 aromatic heterocycles. The molecular weight excluding hydrogens is 500 g/mol. The maximum Gasteiger partial charge on any atom is 0.408 e. The van der Waals surface area contributed by atoms with Crippen LogP contribution in [0.2, 0.25) is 0 Å². The summed E-state index contributed by atoms with van der Waals surface area (Å²) in [7, 11) is 0. The zero-order valence-electron chi connectivity index (χ0n) is 24.0. The lowest BCUT2D eigenvalue weighted by atomic mass is 9.85. The molecule has 10 nitrogen and oxygen atoms in total. The van der Waals surface area contributed by atoms with Crippen LogP contribution in [0.15, 0.2) is 5.57 Å². The Morgan fingerprint density at radius 3 is 2.51 bits per heavy atom. The Labute approximate surface area is 230 Å². The average molecular weight is 543 g/mol. The number of hydrogen-bond donors (Lipinski definition) is 2. The summed E-state index contributed by atoms with van der Waals surface area (Å²) >= 11 is 0. The fraction of sp³-hybridized carbons (Fsp3) is 0.690. The lowest BCUT2D eigenvalue weighted by molar-refractivity contribution is -0.150. The predicted octanol–water partition coefficient (Wildman–Crippen LogP) is 4.29. The quantitative estimate of drug-likeness (QED) is 0.566. The molecule has 0 spiro atoms. The SMILES string of the molecule is CC(C)=Cc1nc2c(nc1C)CCCCCC1CC1OC(=O)NC(C(C)(C)C)C(=O)N1CC(CC1C(=O)O)O2. The van der Waals surface area contributed by atoms with Crippen LogP contribution in [0.25, 0.3) is 6.08 Å². The molecule has 2 aliphatic heterocycles. The van der Waals surface area contributed by atoms with E-state index in [1.807, 2.05) is 47.6 Å². The van der Waals surface area contributed by atoms with Crippen molar-refractivity contribution in [1.29, 1.82) is 0 Å². The Hall–Kier alpha value is -3.17. The molecule has 5 unspecified atom stereocenters. The van der Waals surface area contributed by atoms with Crippen LogP contribution < -0.4 is 10.1 Å². The fourth-order valence-electron chi connectivity index (χ4n) is 5.40. The Morgan fingerprint density at radius 2 is 1.85 bits per heavy atom. The third-order valence-electron chi connectivity index (χ3n) is 7.66. The Bertz CT molecular complexity index is 1140. The van der Waals surface area contributed by atoms with Gasteiger partial charge in [0.1, 0.15) is 30.0 Å². The fourth-order valence-corrected chi connectivity index (χ4v) is 5.40. The summed E-state index contributed by atoms with van der Waals surface area (Å²) in [6.07, 6.45) is 6.13.